The van der Waals surface area contributed by atoms with E-state index in [-0.39, 0.29) is 17.9 Å². The molecule has 1 unspecified atom stereocenters. The monoisotopic (exact) mass is 464 g/mol. The SMILES string of the molecule is O=C(Nc1nc(-c2ccc3c(c2)OCCO3)cs1)C1CCCN(C(=O)Nc2ccccc2)C1. The van der Waals surface area contributed by atoms with Gasteiger partial charge in [0.2, 0.25) is 5.91 Å². The number of aromatic nitrogens is 1. The lowest BCUT2D eigenvalue weighted by Crippen LogP contribution is -2.45. The molecule has 1 aromatic heterocycles. The number of carbonyl (C=O) groups is 2. The van der Waals surface area contributed by atoms with Crippen molar-refractivity contribution in [1.82, 2.24) is 9.88 Å². The number of nitrogens with one attached hydrogen (secondary N) is 2. The molecule has 170 valence electrons. The van der Waals surface area contributed by atoms with Gasteiger partial charge in [-0.25, -0.2) is 9.78 Å². The number of ether oxygens (including phenoxy) is 2. The number of likely N-dealkylation sites (tertiary alicyclic amines) is 1. The summed E-state index contributed by atoms with van der Waals surface area (Å²) in [4.78, 5) is 31.8. The Balaban J connectivity index is 1.20. The molecule has 2 aliphatic heterocycles. The number of fused-ring (bicyclic) bond motifs is 1. The van der Waals surface area contributed by atoms with Crippen LogP contribution < -0.4 is 20.1 Å². The summed E-state index contributed by atoms with van der Waals surface area (Å²) in [6.07, 6.45) is 1.52. The molecule has 3 amide bonds. The molecule has 1 atom stereocenters. The Morgan fingerprint density at radius 3 is 2.70 bits per heavy atom. The van der Waals surface area contributed by atoms with Crippen LogP contribution in [0.1, 0.15) is 12.8 Å². The number of thiazole rings is 1. The van der Waals surface area contributed by atoms with E-state index in [1.807, 2.05) is 53.9 Å². The third-order valence-corrected chi connectivity index (χ3v) is 6.43. The summed E-state index contributed by atoms with van der Waals surface area (Å²) >= 11 is 1.37. The number of hydrogen-bond donors (Lipinski definition) is 2. The maximum absolute atomic E-state index is 12.9. The van der Waals surface area contributed by atoms with E-state index in [1.165, 1.54) is 11.3 Å². The summed E-state index contributed by atoms with van der Waals surface area (Å²) in [5.74, 6) is 1.04. The lowest BCUT2D eigenvalue weighted by Gasteiger charge is -2.31. The van der Waals surface area contributed by atoms with Crippen molar-refractivity contribution >= 4 is 34.1 Å². The fourth-order valence-corrected chi connectivity index (χ4v) is 4.70. The highest BCUT2D eigenvalue weighted by Gasteiger charge is 2.29. The Bertz CT molecular complexity index is 1150. The van der Waals surface area contributed by atoms with Gasteiger partial charge in [0.1, 0.15) is 13.2 Å². The Labute approximate surface area is 195 Å². The van der Waals surface area contributed by atoms with E-state index in [9.17, 15) is 9.59 Å². The van der Waals surface area contributed by atoms with Crippen molar-refractivity contribution in [1.29, 1.82) is 0 Å². The van der Waals surface area contributed by atoms with Gasteiger partial charge in [-0.2, -0.15) is 0 Å². The molecular weight excluding hydrogens is 440 g/mol. The Kier molecular flexibility index (Phi) is 6.12. The molecular formula is C24H24N4O4S. The van der Waals surface area contributed by atoms with Crippen LogP contribution in [0.5, 0.6) is 11.5 Å². The zero-order valence-electron chi connectivity index (χ0n) is 18.0. The van der Waals surface area contributed by atoms with Gasteiger partial charge < -0.3 is 25.0 Å². The summed E-state index contributed by atoms with van der Waals surface area (Å²) in [6.45, 7) is 2.08. The van der Waals surface area contributed by atoms with Gasteiger partial charge in [-0.05, 0) is 43.2 Å². The predicted octanol–water partition coefficient (Wildman–Crippen LogP) is 4.46. The van der Waals surface area contributed by atoms with Crippen molar-refractivity contribution in [3.63, 3.8) is 0 Å². The quantitative estimate of drug-likeness (QED) is 0.595. The number of nitrogens with zero attached hydrogens (tertiary/aromatic N) is 2. The number of para-hydroxylation sites is 1. The molecule has 3 aromatic rings. The first-order valence-electron chi connectivity index (χ1n) is 10.9. The normalized spacial score (nSPS) is 17.3. The molecule has 2 aliphatic rings. The van der Waals surface area contributed by atoms with E-state index in [1.54, 1.807) is 4.90 Å². The molecule has 1 fully saturated rings. The zero-order chi connectivity index (χ0) is 22.6. The fraction of sp³-hybridized carbons (Fsp3) is 0.292. The van der Waals surface area contributed by atoms with Gasteiger partial charge in [-0.1, -0.05) is 18.2 Å². The minimum Gasteiger partial charge on any atom is -0.486 e. The third-order valence-electron chi connectivity index (χ3n) is 5.68. The van der Waals surface area contributed by atoms with Crippen LogP contribution in [0.3, 0.4) is 0 Å². The average Bonchev–Trinajstić information content (AvgIpc) is 3.33. The second kappa shape index (κ2) is 9.50. The smallest absolute Gasteiger partial charge is 0.321 e. The highest BCUT2D eigenvalue weighted by atomic mass is 32.1. The zero-order valence-corrected chi connectivity index (χ0v) is 18.8. The van der Waals surface area contributed by atoms with Crippen molar-refractivity contribution < 1.29 is 19.1 Å². The topological polar surface area (TPSA) is 92.8 Å². The van der Waals surface area contributed by atoms with E-state index < -0.39 is 0 Å². The summed E-state index contributed by atoms with van der Waals surface area (Å²) in [7, 11) is 0. The largest absolute Gasteiger partial charge is 0.486 e. The Morgan fingerprint density at radius 1 is 1.03 bits per heavy atom. The van der Waals surface area contributed by atoms with Crippen molar-refractivity contribution in [2.75, 3.05) is 36.9 Å². The van der Waals surface area contributed by atoms with Crippen LogP contribution in [0.25, 0.3) is 11.3 Å². The molecule has 0 bridgehead atoms. The van der Waals surface area contributed by atoms with Gasteiger partial charge in [-0.3, -0.25) is 4.79 Å². The van der Waals surface area contributed by atoms with Crippen LogP contribution in [0, 0.1) is 5.92 Å². The van der Waals surface area contributed by atoms with E-state index in [4.69, 9.17) is 9.47 Å². The first-order chi connectivity index (χ1) is 16.2. The minimum atomic E-state index is -0.276. The second-order valence-corrected chi connectivity index (χ2v) is 8.83. The van der Waals surface area contributed by atoms with E-state index >= 15 is 0 Å². The lowest BCUT2D eigenvalue weighted by molar-refractivity contribution is -0.121. The Morgan fingerprint density at radius 2 is 1.85 bits per heavy atom. The number of piperidine rings is 1. The van der Waals surface area contributed by atoms with E-state index in [2.05, 4.69) is 15.6 Å². The van der Waals surface area contributed by atoms with Crippen molar-refractivity contribution in [2.24, 2.45) is 5.92 Å². The third kappa shape index (κ3) is 4.93. The van der Waals surface area contributed by atoms with Crippen LogP contribution in [0.4, 0.5) is 15.6 Å². The van der Waals surface area contributed by atoms with Crippen LogP contribution in [-0.2, 0) is 4.79 Å². The molecule has 2 N–H and O–H groups in total. The number of carbonyl (C=O) groups excluding carboxylic acids is 2. The summed E-state index contributed by atoms with van der Waals surface area (Å²) in [5, 5.41) is 8.26. The molecule has 3 heterocycles. The molecule has 8 nitrogen and oxygen atoms in total. The number of rotatable bonds is 4. The van der Waals surface area contributed by atoms with Gasteiger partial charge in [0.15, 0.2) is 16.6 Å². The van der Waals surface area contributed by atoms with Gasteiger partial charge >= 0.3 is 6.03 Å². The number of urea groups is 1. The fourth-order valence-electron chi connectivity index (χ4n) is 3.97. The first kappa shape index (κ1) is 21.3. The average molecular weight is 465 g/mol. The second-order valence-electron chi connectivity index (χ2n) is 7.97. The summed E-state index contributed by atoms with van der Waals surface area (Å²) in [6, 6.07) is 14.8. The van der Waals surface area contributed by atoms with Crippen LogP contribution >= 0.6 is 11.3 Å². The molecule has 9 heteroatoms. The van der Waals surface area contributed by atoms with Crippen LogP contribution in [0.15, 0.2) is 53.9 Å². The first-order valence-corrected chi connectivity index (χ1v) is 11.8. The highest BCUT2D eigenvalue weighted by Crippen LogP contribution is 2.35. The summed E-state index contributed by atoms with van der Waals surface area (Å²) < 4.78 is 11.2. The molecule has 0 radical (unpaired) electrons. The molecule has 5 rings (SSSR count). The van der Waals surface area contributed by atoms with Crippen molar-refractivity contribution in [2.45, 2.75) is 12.8 Å². The maximum Gasteiger partial charge on any atom is 0.321 e. The molecule has 0 saturated carbocycles. The summed E-state index contributed by atoms with van der Waals surface area (Å²) in [5.41, 5.74) is 2.40. The van der Waals surface area contributed by atoms with E-state index in [0.29, 0.717) is 37.2 Å². The van der Waals surface area contributed by atoms with Crippen LogP contribution in [-0.4, -0.2) is 48.1 Å². The van der Waals surface area contributed by atoms with E-state index in [0.717, 1.165) is 35.5 Å². The number of amides is 3. The van der Waals surface area contributed by atoms with Crippen molar-refractivity contribution in [3.05, 3.63) is 53.9 Å². The molecule has 0 spiro atoms. The van der Waals surface area contributed by atoms with Gasteiger partial charge in [0.05, 0.1) is 11.6 Å². The van der Waals surface area contributed by atoms with Gasteiger partial charge in [0, 0.05) is 29.7 Å². The molecule has 33 heavy (non-hydrogen) atoms. The molecule has 0 aliphatic carbocycles. The lowest BCUT2D eigenvalue weighted by atomic mass is 9.97. The highest BCUT2D eigenvalue weighted by molar-refractivity contribution is 7.14. The standard InChI is InChI=1S/C24H24N4O4S/c29-22(17-5-4-10-28(14-17)24(30)25-18-6-2-1-3-7-18)27-23-26-19(15-33-23)16-8-9-20-21(13-16)32-12-11-31-20/h1-3,6-9,13,15,17H,4-5,10-12,14H2,(H,25,30)(H,26,27,29). The number of anilines is 2. The maximum atomic E-state index is 12.9. The van der Waals surface area contributed by atoms with Crippen molar-refractivity contribution in [3.8, 4) is 22.8 Å². The van der Waals surface area contributed by atoms with Crippen LogP contribution in [0.2, 0.25) is 0 Å². The predicted molar refractivity (Wildman–Crippen MR) is 127 cm³/mol. The number of hydrogen-bond acceptors (Lipinski definition) is 6. The number of benzene rings is 2. The minimum absolute atomic E-state index is 0.115. The Hall–Kier alpha value is -3.59. The van der Waals surface area contributed by atoms with Gasteiger partial charge in [-0.15, -0.1) is 11.3 Å². The van der Waals surface area contributed by atoms with Gasteiger partial charge in [0.25, 0.3) is 0 Å². The molecule has 1 saturated heterocycles. The molecule has 2 aromatic carbocycles.